The van der Waals surface area contributed by atoms with Crippen molar-refractivity contribution in [1.29, 1.82) is 0 Å². The van der Waals surface area contributed by atoms with E-state index in [1.165, 1.54) is 35.9 Å². The largest absolute Gasteiger partial charge is 0.492 e. The third-order valence-corrected chi connectivity index (χ3v) is 19.9. The number of rotatable bonds is 34. The lowest BCUT2D eigenvalue weighted by molar-refractivity contribution is -0.138. The third-order valence-electron chi connectivity index (χ3n) is 18.3. The Kier molecular flexibility index (Phi) is 27.6. The monoisotopic (exact) mass is 1420 g/mol. The molecule has 0 saturated carbocycles. The van der Waals surface area contributed by atoms with Gasteiger partial charge in [-0.2, -0.15) is 0 Å². The van der Waals surface area contributed by atoms with Gasteiger partial charge in [0.1, 0.15) is 30.6 Å². The molecule has 0 radical (unpaired) electrons. The summed E-state index contributed by atoms with van der Waals surface area (Å²) in [5.41, 5.74) is 8.82. The number of fused-ring (bicyclic) bond motifs is 4. The molecule has 3 aromatic carbocycles. The Morgan fingerprint density at radius 3 is 2.33 bits per heavy atom. The molecule has 548 valence electrons. The number of nitrogens with one attached hydrogen (secondary N) is 7. The smallest absolute Gasteiger partial charge is 0.415 e. The number of hydrogen-bond acceptors (Lipinski definition) is 19. The molecule has 5 aromatic rings. The number of thioether (sulfide) groups is 1. The maximum atomic E-state index is 14.6. The summed E-state index contributed by atoms with van der Waals surface area (Å²) in [6.07, 6.45) is 8.33. The van der Waals surface area contributed by atoms with E-state index in [4.69, 9.17) is 29.1 Å². The zero-order valence-corrected chi connectivity index (χ0v) is 60.6. The first-order valence-corrected chi connectivity index (χ1v) is 35.3. The van der Waals surface area contributed by atoms with Crippen LogP contribution in [0.2, 0.25) is 0 Å². The highest BCUT2D eigenvalue weighted by atomic mass is 32.2. The summed E-state index contributed by atoms with van der Waals surface area (Å²) < 4.78 is 28.8. The molecular formula is C72H99N13O15S. The summed E-state index contributed by atoms with van der Waals surface area (Å²) in [6, 6.07) is 12.6. The minimum absolute atomic E-state index is 0.000412. The standard InChI is InChI=1S/C72H99N13O15S/c1-43(2)62(76-30-29-75-57(86)21-17-31-84-58(87)39-56(67(84)91)101-72(4,5)48-18-14-12-13-15-19-48)65(89)80-51(20-16-28-77-69(73)93)64(88)79-49-24-22-45(23-25-49)42-98-70(94)82(9)32-33-83(10)71(95)100-54-38-52-60(61-59(68(92)96-11)44(3)78-63(54)61)47(40-74-6)41-85(52)66(90)55-37-46-36-50(26-27-53(46)99-55)97-35-34-81(7)8/h14,18,22-27,36-38,43,47-48,51,56,62,74,76,78H,12-13,15-17,19-21,28-35,39-42H2,1-11H3,(H,75,86)(H,79,88)(H,80,89)(H3,73,77,93)/t47-,48?,51+,56?,62+/m1/s1. The van der Waals surface area contributed by atoms with Gasteiger partial charge in [0.2, 0.25) is 29.5 Å². The number of imide groups is 1. The number of aromatic amines is 1. The molecule has 3 aliphatic rings. The van der Waals surface area contributed by atoms with Crippen LogP contribution < -0.4 is 52.0 Å². The molecular weight excluding hydrogens is 1320 g/mol. The molecule has 10 amide bonds. The Labute approximate surface area is 593 Å². The summed E-state index contributed by atoms with van der Waals surface area (Å²) in [5, 5.41) is 18.1. The SMILES string of the molecule is CNC[C@@H]1CN(C(=O)c2cc3cc(OCCN(C)C)ccc3o2)c2cc(OC(=O)N(C)CCN(C)C(=O)OCc3ccc(NC(=O)[C@H](CCCNC(N)=O)NC(=O)[C@@H](NCCNC(=O)CCCN4C(=O)CC(SC(C)(C)C5C=CCCCC5)C4=O)C(C)C)cc3)c3[nH]c(C)c(C(=O)OC)c3c21. The van der Waals surface area contributed by atoms with E-state index in [0.717, 1.165) is 25.7 Å². The van der Waals surface area contributed by atoms with Gasteiger partial charge in [0.25, 0.3) is 5.91 Å². The molecule has 1 aliphatic carbocycles. The van der Waals surface area contributed by atoms with Crippen LogP contribution in [0.1, 0.15) is 129 Å². The first-order valence-electron chi connectivity index (χ1n) is 34.5. The molecule has 4 heterocycles. The van der Waals surface area contributed by atoms with Gasteiger partial charge in [-0.1, -0.05) is 58.4 Å². The number of aryl methyl sites for hydroxylation is 1. The van der Waals surface area contributed by atoms with Gasteiger partial charge in [-0.3, -0.25) is 33.7 Å². The van der Waals surface area contributed by atoms with Gasteiger partial charge in [-0.05, 0) is 126 Å². The summed E-state index contributed by atoms with van der Waals surface area (Å²) >= 11 is 1.57. The van der Waals surface area contributed by atoms with Crippen LogP contribution in [-0.4, -0.2) is 214 Å². The number of allylic oxidation sites excluding steroid dienone is 2. The van der Waals surface area contributed by atoms with Gasteiger partial charge in [0.05, 0.1) is 35.2 Å². The lowest BCUT2D eigenvalue weighted by Crippen LogP contribution is -2.54. The van der Waals surface area contributed by atoms with E-state index < -0.39 is 59.2 Å². The van der Waals surface area contributed by atoms with Gasteiger partial charge in [-0.15, -0.1) is 11.8 Å². The number of esters is 1. The number of likely N-dealkylation sites (tertiary alicyclic amines) is 1. The average Bonchev–Trinajstić information content (AvgIpc) is 1.57. The number of carbonyl (C=O) groups is 10. The number of H-pyrrole nitrogens is 1. The second-order valence-electron chi connectivity index (χ2n) is 27.0. The van der Waals surface area contributed by atoms with Gasteiger partial charge in [-0.25, -0.2) is 19.2 Å². The molecule has 8 rings (SSSR count). The molecule has 2 aliphatic heterocycles. The van der Waals surface area contributed by atoms with Crippen LogP contribution >= 0.6 is 11.8 Å². The highest BCUT2D eigenvalue weighted by Gasteiger charge is 2.44. The zero-order chi connectivity index (χ0) is 73.2. The van der Waals surface area contributed by atoms with Crippen LogP contribution in [0.3, 0.4) is 0 Å². The number of furan rings is 1. The van der Waals surface area contributed by atoms with E-state index in [0.29, 0.717) is 94.3 Å². The van der Waals surface area contributed by atoms with Gasteiger partial charge in [0, 0.05) is 125 Å². The fourth-order valence-electron chi connectivity index (χ4n) is 12.7. The number of methoxy groups -OCH3 is 1. The average molecular weight is 1420 g/mol. The van der Waals surface area contributed by atoms with E-state index in [1.54, 1.807) is 79.2 Å². The van der Waals surface area contributed by atoms with E-state index in [2.05, 4.69) is 62.9 Å². The third kappa shape index (κ3) is 20.5. The molecule has 101 heavy (non-hydrogen) atoms. The summed E-state index contributed by atoms with van der Waals surface area (Å²) in [5.74, 6) is -2.29. The van der Waals surface area contributed by atoms with Crippen LogP contribution in [0.25, 0.3) is 21.9 Å². The van der Waals surface area contributed by atoms with E-state index in [9.17, 15) is 47.9 Å². The molecule has 1 fully saturated rings. The number of amides is 10. The number of anilines is 2. The van der Waals surface area contributed by atoms with Crippen LogP contribution in [0, 0.1) is 18.8 Å². The fourth-order valence-corrected chi connectivity index (χ4v) is 14.2. The van der Waals surface area contributed by atoms with Crippen molar-refractivity contribution in [3.63, 3.8) is 0 Å². The fraction of sp³-hybridized carbons (Fsp3) is 0.528. The highest BCUT2D eigenvalue weighted by Crippen LogP contribution is 2.48. The maximum absolute atomic E-state index is 14.6. The summed E-state index contributed by atoms with van der Waals surface area (Å²) in [6.45, 7) is 12.0. The van der Waals surface area contributed by atoms with Crippen molar-refractivity contribution >= 4 is 105 Å². The lowest BCUT2D eigenvalue weighted by atomic mass is 9.91. The number of likely N-dealkylation sites (N-methyl/N-ethyl adjacent to an activating group) is 4. The number of carbonyl (C=O) groups excluding carboxylic acids is 10. The normalized spacial score (nSPS) is 16.6. The summed E-state index contributed by atoms with van der Waals surface area (Å²) in [7, 11) is 9.98. The van der Waals surface area contributed by atoms with E-state index in [-0.39, 0.29) is 123 Å². The van der Waals surface area contributed by atoms with Crippen molar-refractivity contribution in [1.82, 2.24) is 51.2 Å². The van der Waals surface area contributed by atoms with Crippen molar-refractivity contribution < 1.29 is 71.3 Å². The molecule has 28 nitrogen and oxygen atoms in total. The first-order chi connectivity index (χ1) is 48.2. The molecule has 1 saturated heterocycles. The van der Waals surface area contributed by atoms with Gasteiger partial charge in [0.15, 0.2) is 11.5 Å². The van der Waals surface area contributed by atoms with Gasteiger partial charge < -0.3 is 85.6 Å². The number of primary amides is 1. The molecule has 2 aromatic heterocycles. The molecule has 2 unspecified atom stereocenters. The number of nitrogens with zero attached hydrogens (tertiary/aromatic N) is 5. The topological polar surface area (TPSA) is 351 Å². The Hall–Kier alpha value is -9.19. The number of ether oxygens (including phenoxy) is 4. The second-order valence-corrected chi connectivity index (χ2v) is 28.9. The van der Waals surface area contributed by atoms with Gasteiger partial charge >= 0.3 is 24.2 Å². The quantitative estimate of drug-likeness (QED) is 0.00861. The number of aromatic nitrogens is 1. The Morgan fingerprint density at radius 1 is 0.881 bits per heavy atom. The highest BCUT2D eigenvalue weighted by molar-refractivity contribution is 8.02. The second kappa shape index (κ2) is 35.9. The van der Waals surface area contributed by atoms with Crippen molar-refractivity contribution in [2.45, 2.75) is 127 Å². The molecule has 9 N–H and O–H groups in total. The Morgan fingerprint density at radius 2 is 1.62 bits per heavy atom. The van der Waals surface area contributed by atoms with E-state index >= 15 is 0 Å². The molecule has 0 spiro atoms. The van der Waals surface area contributed by atoms with Crippen LogP contribution in [0.5, 0.6) is 11.5 Å². The van der Waals surface area contributed by atoms with Crippen molar-refractivity contribution in [3.05, 3.63) is 94.9 Å². The van der Waals surface area contributed by atoms with Crippen molar-refractivity contribution in [3.8, 4) is 11.5 Å². The predicted octanol–water partition coefficient (Wildman–Crippen LogP) is 7.38. The Balaban J connectivity index is 0.810. The number of nitrogens with two attached hydrogens (primary N) is 1. The zero-order valence-electron chi connectivity index (χ0n) is 59.8. The Bertz CT molecular complexity index is 3830. The molecule has 29 heteroatoms. The minimum Gasteiger partial charge on any atom is -0.492 e. The van der Waals surface area contributed by atoms with Crippen LogP contribution in [0.4, 0.5) is 25.8 Å². The maximum Gasteiger partial charge on any atom is 0.415 e. The summed E-state index contributed by atoms with van der Waals surface area (Å²) in [4.78, 5) is 145. The van der Waals surface area contributed by atoms with Crippen molar-refractivity contribution in [2.24, 2.45) is 17.6 Å². The molecule has 5 atom stereocenters. The van der Waals surface area contributed by atoms with Crippen molar-refractivity contribution in [2.75, 3.05) is 118 Å². The molecule has 0 bridgehead atoms. The number of hydrogen-bond donors (Lipinski definition) is 8. The van der Waals surface area contributed by atoms with E-state index in [1.807, 2.05) is 38.9 Å². The van der Waals surface area contributed by atoms with Crippen LogP contribution in [-0.2, 0) is 40.1 Å². The lowest BCUT2D eigenvalue weighted by Gasteiger charge is -2.33. The first kappa shape index (κ1) is 77.5. The predicted molar refractivity (Wildman–Crippen MR) is 385 cm³/mol. The minimum atomic E-state index is -1.05. The number of benzene rings is 3. The number of urea groups is 1. The van der Waals surface area contributed by atoms with Crippen LogP contribution in [0.15, 0.2) is 71.2 Å².